The van der Waals surface area contributed by atoms with Crippen LogP contribution in [0, 0.1) is 0 Å². The Kier molecular flexibility index (Phi) is 7.05. The van der Waals surface area contributed by atoms with Gasteiger partial charge in [0, 0.05) is 26.2 Å². The standard InChI is InChI=1S/C20H22Cl2N2O4S/c1-2-15-6-8-16(9-7-15)28-14-19(25)23-10-12-24(13-11-23)29(26,27)20-17(21)4-3-5-18(20)22/h3-9H,2,10-14H2,1H3. The Balaban J connectivity index is 1.57. The number of sulfonamides is 1. The summed E-state index contributed by atoms with van der Waals surface area (Å²) in [7, 11) is -3.83. The molecule has 0 saturated carbocycles. The molecule has 0 unspecified atom stereocenters. The zero-order valence-corrected chi connectivity index (χ0v) is 18.3. The molecule has 0 bridgehead atoms. The Labute approximate surface area is 181 Å². The Morgan fingerprint density at radius 1 is 1.00 bits per heavy atom. The van der Waals surface area contributed by atoms with Gasteiger partial charge in [-0.1, -0.05) is 48.3 Å². The molecule has 0 aromatic heterocycles. The smallest absolute Gasteiger partial charge is 0.260 e. The van der Waals surface area contributed by atoms with Gasteiger partial charge >= 0.3 is 0 Å². The van der Waals surface area contributed by atoms with Crippen molar-refractivity contribution in [1.29, 1.82) is 0 Å². The number of hydrogen-bond donors (Lipinski definition) is 0. The van der Waals surface area contributed by atoms with Gasteiger partial charge in [-0.3, -0.25) is 4.79 Å². The second-order valence-electron chi connectivity index (χ2n) is 6.62. The highest BCUT2D eigenvalue weighted by Gasteiger charge is 2.33. The Bertz CT molecular complexity index is 952. The van der Waals surface area contributed by atoms with E-state index in [1.165, 1.54) is 22.0 Å². The van der Waals surface area contributed by atoms with Crippen LogP contribution in [0.1, 0.15) is 12.5 Å². The molecular weight excluding hydrogens is 435 g/mol. The highest BCUT2D eigenvalue weighted by Crippen LogP contribution is 2.31. The lowest BCUT2D eigenvalue weighted by atomic mass is 10.2. The molecule has 0 N–H and O–H groups in total. The summed E-state index contributed by atoms with van der Waals surface area (Å²) in [6.07, 6.45) is 0.936. The summed E-state index contributed by atoms with van der Waals surface area (Å²) in [6, 6.07) is 12.2. The first-order valence-corrected chi connectivity index (χ1v) is 11.5. The number of halogens is 2. The zero-order valence-electron chi connectivity index (χ0n) is 16.0. The van der Waals surface area contributed by atoms with Crippen molar-refractivity contribution in [3.63, 3.8) is 0 Å². The molecule has 1 aliphatic heterocycles. The van der Waals surface area contributed by atoms with E-state index in [0.717, 1.165) is 6.42 Å². The predicted molar refractivity (Wildman–Crippen MR) is 113 cm³/mol. The number of amides is 1. The van der Waals surface area contributed by atoms with Crippen LogP contribution in [0.25, 0.3) is 0 Å². The van der Waals surface area contributed by atoms with Gasteiger partial charge < -0.3 is 9.64 Å². The van der Waals surface area contributed by atoms with Crippen molar-refractivity contribution in [1.82, 2.24) is 9.21 Å². The summed E-state index contributed by atoms with van der Waals surface area (Å²) in [5, 5.41) is 0.164. The van der Waals surface area contributed by atoms with Gasteiger partial charge in [0.15, 0.2) is 6.61 Å². The minimum absolute atomic E-state index is 0.0819. The second kappa shape index (κ2) is 9.34. The first-order chi connectivity index (χ1) is 13.8. The number of piperazine rings is 1. The maximum Gasteiger partial charge on any atom is 0.260 e. The van der Waals surface area contributed by atoms with E-state index in [4.69, 9.17) is 27.9 Å². The first-order valence-electron chi connectivity index (χ1n) is 9.26. The predicted octanol–water partition coefficient (Wildman–Crippen LogP) is 3.47. The fraction of sp³-hybridized carbons (Fsp3) is 0.350. The van der Waals surface area contributed by atoms with Crippen LogP contribution >= 0.6 is 23.2 Å². The molecule has 1 amide bonds. The molecule has 3 rings (SSSR count). The van der Waals surface area contributed by atoms with Gasteiger partial charge in [-0.15, -0.1) is 0 Å². The van der Waals surface area contributed by atoms with Gasteiger partial charge in [-0.25, -0.2) is 8.42 Å². The molecule has 1 aliphatic rings. The van der Waals surface area contributed by atoms with Gasteiger partial charge in [0.25, 0.3) is 5.91 Å². The molecule has 156 valence electrons. The number of carbonyl (C=O) groups excluding carboxylic acids is 1. The van der Waals surface area contributed by atoms with Gasteiger partial charge in [0.2, 0.25) is 10.0 Å². The monoisotopic (exact) mass is 456 g/mol. The van der Waals surface area contributed by atoms with Crippen molar-refractivity contribution < 1.29 is 17.9 Å². The molecule has 1 fully saturated rings. The summed E-state index contributed by atoms with van der Waals surface area (Å²) in [5.41, 5.74) is 1.19. The summed E-state index contributed by atoms with van der Waals surface area (Å²) >= 11 is 12.1. The molecule has 0 spiro atoms. The maximum atomic E-state index is 12.9. The van der Waals surface area contributed by atoms with E-state index >= 15 is 0 Å². The van der Waals surface area contributed by atoms with Crippen LogP contribution in [0.3, 0.4) is 0 Å². The molecule has 2 aromatic carbocycles. The highest BCUT2D eigenvalue weighted by atomic mass is 35.5. The number of nitrogens with zero attached hydrogens (tertiary/aromatic N) is 2. The minimum atomic E-state index is -3.83. The van der Waals surface area contributed by atoms with Crippen molar-refractivity contribution >= 4 is 39.1 Å². The first kappa shape index (κ1) is 21.9. The molecule has 0 aliphatic carbocycles. The molecule has 6 nitrogen and oxygen atoms in total. The van der Waals surface area contributed by atoms with Gasteiger partial charge in [-0.05, 0) is 36.2 Å². The molecule has 1 saturated heterocycles. The Hall–Kier alpha value is -1.80. The third-order valence-electron chi connectivity index (χ3n) is 4.80. The maximum absolute atomic E-state index is 12.9. The lowest BCUT2D eigenvalue weighted by molar-refractivity contribution is -0.134. The van der Waals surface area contributed by atoms with Crippen LogP contribution < -0.4 is 4.74 Å². The van der Waals surface area contributed by atoms with Crippen LogP contribution in [-0.2, 0) is 21.2 Å². The lowest BCUT2D eigenvalue weighted by Crippen LogP contribution is -2.51. The summed E-state index contributed by atoms with van der Waals surface area (Å²) in [5.74, 6) is 0.447. The van der Waals surface area contributed by atoms with Crippen molar-refractivity contribution in [2.24, 2.45) is 0 Å². The normalized spacial score (nSPS) is 15.3. The van der Waals surface area contributed by atoms with Crippen LogP contribution in [0.15, 0.2) is 47.4 Å². The third-order valence-corrected chi connectivity index (χ3v) is 7.66. The van der Waals surface area contributed by atoms with Crippen LogP contribution in [0.4, 0.5) is 0 Å². The Morgan fingerprint density at radius 2 is 1.59 bits per heavy atom. The van der Waals surface area contributed by atoms with Crippen LogP contribution in [0.5, 0.6) is 5.75 Å². The van der Waals surface area contributed by atoms with Gasteiger partial charge in [0.1, 0.15) is 10.6 Å². The summed E-state index contributed by atoms with van der Waals surface area (Å²) in [4.78, 5) is 13.9. The van der Waals surface area contributed by atoms with E-state index in [-0.39, 0.29) is 53.6 Å². The van der Waals surface area contributed by atoms with E-state index in [1.54, 1.807) is 11.0 Å². The topological polar surface area (TPSA) is 66.9 Å². The van der Waals surface area contributed by atoms with E-state index in [2.05, 4.69) is 6.92 Å². The molecule has 1 heterocycles. The quantitative estimate of drug-likeness (QED) is 0.667. The van der Waals surface area contributed by atoms with Crippen LogP contribution in [0.2, 0.25) is 10.0 Å². The van der Waals surface area contributed by atoms with Gasteiger partial charge in [0.05, 0.1) is 10.0 Å². The highest BCUT2D eigenvalue weighted by molar-refractivity contribution is 7.89. The molecule has 0 atom stereocenters. The average Bonchev–Trinajstić information content (AvgIpc) is 2.72. The molecule has 0 radical (unpaired) electrons. The number of aryl methyl sites for hydroxylation is 1. The second-order valence-corrected chi connectivity index (χ2v) is 9.31. The third kappa shape index (κ3) is 5.04. The summed E-state index contributed by atoms with van der Waals surface area (Å²) < 4.78 is 32.7. The van der Waals surface area contributed by atoms with Gasteiger partial charge in [-0.2, -0.15) is 4.31 Å². The molecule has 29 heavy (non-hydrogen) atoms. The van der Waals surface area contributed by atoms with Crippen molar-refractivity contribution in [2.45, 2.75) is 18.2 Å². The molecule has 2 aromatic rings. The Morgan fingerprint density at radius 3 is 2.14 bits per heavy atom. The number of hydrogen-bond acceptors (Lipinski definition) is 4. The molecular formula is C20H22Cl2N2O4S. The number of rotatable bonds is 6. The number of carbonyl (C=O) groups is 1. The van der Waals surface area contributed by atoms with Crippen molar-refractivity contribution in [2.75, 3.05) is 32.8 Å². The summed E-state index contributed by atoms with van der Waals surface area (Å²) in [6.45, 7) is 2.87. The van der Waals surface area contributed by atoms with E-state index < -0.39 is 10.0 Å². The van der Waals surface area contributed by atoms with E-state index in [0.29, 0.717) is 5.75 Å². The molecule has 9 heteroatoms. The lowest BCUT2D eigenvalue weighted by Gasteiger charge is -2.34. The van der Waals surface area contributed by atoms with E-state index in [1.807, 2.05) is 24.3 Å². The SMILES string of the molecule is CCc1ccc(OCC(=O)N2CCN(S(=O)(=O)c3c(Cl)cccc3Cl)CC2)cc1. The van der Waals surface area contributed by atoms with Crippen molar-refractivity contribution in [3.05, 3.63) is 58.1 Å². The number of benzene rings is 2. The fourth-order valence-corrected chi connectivity index (χ4v) is 5.61. The van der Waals surface area contributed by atoms with Crippen molar-refractivity contribution in [3.8, 4) is 5.75 Å². The average molecular weight is 457 g/mol. The number of ether oxygens (including phenoxy) is 1. The zero-order chi connectivity index (χ0) is 21.0. The minimum Gasteiger partial charge on any atom is -0.484 e. The fourth-order valence-electron chi connectivity index (χ4n) is 3.09. The largest absolute Gasteiger partial charge is 0.484 e. The van der Waals surface area contributed by atoms with Crippen LogP contribution in [-0.4, -0.2) is 56.3 Å². The van der Waals surface area contributed by atoms with E-state index in [9.17, 15) is 13.2 Å².